The molecule has 1 atom stereocenters. The zero-order valence-electron chi connectivity index (χ0n) is 9.13. The van der Waals surface area contributed by atoms with Gasteiger partial charge in [0.05, 0.1) is 19.0 Å². The summed E-state index contributed by atoms with van der Waals surface area (Å²) in [5, 5.41) is 0. The van der Waals surface area contributed by atoms with Crippen LogP contribution in [0.25, 0.3) is 0 Å². The predicted octanol–water partition coefficient (Wildman–Crippen LogP) is 0.278. The van der Waals surface area contributed by atoms with Gasteiger partial charge in [0.1, 0.15) is 6.29 Å². The van der Waals surface area contributed by atoms with Crippen molar-refractivity contribution < 1.29 is 26.9 Å². The molecule has 0 N–H and O–H groups in total. The zero-order valence-corrected chi connectivity index (χ0v) is 9.94. The van der Waals surface area contributed by atoms with Crippen molar-refractivity contribution in [1.82, 2.24) is 0 Å². The van der Waals surface area contributed by atoms with Crippen molar-refractivity contribution in [2.24, 2.45) is 5.92 Å². The Bertz CT molecular complexity index is 306. The molecule has 0 saturated carbocycles. The van der Waals surface area contributed by atoms with E-state index < -0.39 is 22.5 Å². The normalized spacial score (nSPS) is 19.8. The lowest BCUT2D eigenvalue weighted by Crippen LogP contribution is -2.25. The highest BCUT2D eigenvalue weighted by atomic mass is 32.2. The molecule has 1 heterocycles. The molecule has 1 aliphatic heterocycles. The van der Waals surface area contributed by atoms with Gasteiger partial charge >= 0.3 is 0 Å². The van der Waals surface area contributed by atoms with E-state index in [9.17, 15) is 13.2 Å². The van der Waals surface area contributed by atoms with Crippen LogP contribution in [-0.4, -0.2) is 40.1 Å². The summed E-state index contributed by atoms with van der Waals surface area (Å²) in [7, 11) is -3.78. The summed E-state index contributed by atoms with van der Waals surface area (Å²) in [5.74, 6) is -0.857. The second-order valence-electron chi connectivity index (χ2n) is 3.54. The molecule has 0 aromatic rings. The van der Waals surface area contributed by atoms with Crippen LogP contribution < -0.4 is 0 Å². The quantitative estimate of drug-likeness (QED) is 0.478. The average molecular weight is 252 g/mol. The van der Waals surface area contributed by atoms with Gasteiger partial charge in [-0.05, 0) is 6.42 Å². The molecule has 6 nitrogen and oxygen atoms in total. The molecule has 94 valence electrons. The summed E-state index contributed by atoms with van der Waals surface area (Å²) in [6.07, 6.45) is 1.91. The zero-order chi connectivity index (χ0) is 12.0. The van der Waals surface area contributed by atoms with E-state index in [0.29, 0.717) is 25.9 Å². The van der Waals surface area contributed by atoms with Gasteiger partial charge < -0.3 is 14.3 Å². The SMILES string of the molecule is CCCC(C=O)CS(=O)(=O)OC1OCCO1. The summed E-state index contributed by atoms with van der Waals surface area (Å²) in [6.45, 7) is 1.35. The standard InChI is InChI=1S/C9H16O6S/c1-2-3-8(6-10)7-16(11,12)15-9-13-4-5-14-9/h6,8-9H,2-5,7H2,1H3. The molecule has 1 unspecified atom stereocenters. The minimum absolute atomic E-state index is 0.312. The maximum Gasteiger partial charge on any atom is 0.287 e. The van der Waals surface area contributed by atoms with Crippen LogP contribution in [-0.2, 0) is 28.6 Å². The fourth-order valence-corrected chi connectivity index (χ4v) is 2.57. The van der Waals surface area contributed by atoms with Gasteiger partial charge in [-0.2, -0.15) is 8.42 Å². The fourth-order valence-electron chi connectivity index (χ4n) is 1.37. The molecule has 7 heteroatoms. The molecule has 0 aromatic carbocycles. The van der Waals surface area contributed by atoms with Crippen LogP contribution in [0.3, 0.4) is 0 Å². The maximum absolute atomic E-state index is 11.5. The molecule has 0 spiro atoms. The Morgan fingerprint density at radius 1 is 1.44 bits per heavy atom. The van der Waals surface area contributed by atoms with Crippen molar-refractivity contribution in [2.45, 2.75) is 26.2 Å². The van der Waals surface area contributed by atoms with Crippen molar-refractivity contribution in [3.63, 3.8) is 0 Å². The van der Waals surface area contributed by atoms with Crippen LogP contribution in [0.1, 0.15) is 19.8 Å². The number of ether oxygens (including phenoxy) is 2. The number of carbonyl (C=O) groups excluding carboxylic acids is 1. The largest absolute Gasteiger partial charge is 0.327 e. The number of aldehydes is 1. The number of carbonyl (C=O) groups is 1. The van der Waals surface area contributed by atoms with Crippen LogP contribution in [0.15, 0.2) is 0 Å². The van der Waals surface area contributed by atoms with E-state index in [0.717, 1.165) is 6.42 Å². The van der Waals surface area contributed by atoms with E-state index in [1.54, 1.807) is 0 Å². The van der Waals surface area contributed by atoms with Crippen molar-refractivity contribution in [3.05, 3.63) is 0 Å². The van der Waals surface area contributed by atoms with Gasteiger partial charge in [-0.1, -0.05) is 13.3 Å². The van der Waals surface area contributed by atoms with Gasteiger partial charge in [-0.15, -0.1) is 0 Å². The summed E-state index contributed by atoms with van der Waals surface area (Å²) >= 11 is 0. The molecule has 0 bridgehead atoms. The van der Waals surface area contributed by atoms with E-state index in [2.05, 4.69) is 4.18 Å². The number of hydrogen-bond acceptors (Lipinski definition) is 6. The van der Waals surface area contributed by atoms with E-state index in [4.69, 9.17) is 9.47 Å². The van der Waals surface area contributed by atoms with Crippen molar-refractivity contribution >= 4 is 16.4 Å². The van der Waals surface area contributed by atoms with Gasteiger partial charge in [0.15, 0.2) is 0 Å². The molecule has 1 fully saturated rings. The minimum atomic E-state index is -3.78. The van der Waals surface area contributed by atoms with Gasteiger partial charge in [0, 0.05) is 5.92 Å². The molecule has 16 heavy (non-hydrogen) atoms. The van der Waals surface area contributed by atoms with E-state index in [1.807, 2.05) is 6.92 Å². The van der Waals surface area contributed by atoms with Crippen LogP contribution in [0.5, 0.6) is 0 Å². The molecular weight excluding hydrogens is 236 g/mol. The maximum atomic E-state index is 11.5. The Hall–Kier alpha value is -0.500. The Morgan fingerprint density at radius 2 is 2.06 bits per heavy atom. The lowest BCUT2D eigenvalue weighted by atomic mass is 10.1. The van der Waals surface area contributed by atoms with Gasteiger partial charge in [-0.25, -0.2) is 4.18 Å². The molecule has 1 rings (SSSR count). The second kappa shape index (κ2) is 6.29. The Labute approximate surface area is 95.0 Å². The predicted molar refractivity (Wildman–Crippen MR) is 55.0 cm³/mol. The highest BCUT2D eigenvalue weighted by Gasteiger charge is 2.26. The first-order valence-corrected chi connectivity index (χ1v) is 6.74. The Morgan fingerprint density at radius 3 is 2.56 bits per heavy atom. The molecule has 1 aliphatic rings. The highest BCUT2D eigenvalue weighted by Crippen LogP contribution is 2.13. The van der Waals surface area contributed by atoms with Gasteiger partial charge in [-0.3, -0.25) is 0 Å². The second-order valence-corrected chi connectivity index (χ2v) is 5.18. The first kappa shape index (κ1) is 13.6. The number of hydrogen-bond donors (Lipinski definition) is 0. The lowest BCUT2D eigenvalue weighted by molar-refractivity contribution is -0.173. The van der Waals surface area contributed by atoms with Crippen LogP contribution in [0, 0.1) is 5.92 Å². The third-order valence-corrected chi connectivity index (χ3v) is 3.37. The fraction of sp³-hybridized carbons (Fsp3) is 0.889. The van der Waals surface area contributed by atoms with Crippen molar-refractivity contribution in [1.29, 1.82) is 0 Å². The van der Waals surface area contributed by atoms with Gasteiger partial charge in [0.25, 0.3) is 16.6 Å². The smallest absolute Gasteiger partial charge is 0.287 e. The summed E-state index contributed by atoms with van der Waals surface area (Å²) in [5.41, 5.74) is 0. The van der Waals surface area contributed by atoms with Crippen molar-refractivity contribution in [2.75, 3.05) is 19.0 Å². The topological polar surface area (TPSA) is 78.9 Å². The van der Waals surface area contributed by atoms with E-state index in [-0.39, 0.29) is 5.75 Å². The van der Waals surface area contributed by atoms with Gasteiger partial charge in [0.2, 0.25) is 0 Å². The molecule has 1 saturated heterocycles. The Kier molecular flexibility index (Phi) is 5.33. The van der Waals surface area contributed by atoms with Crippen LogP contribution in [0.2, 0.25) is 0 Å². The summed E-state index contributed by atoms with van der Waals surface area (Å²) in [4.78, 5) is 10.6. The third-order valence-electron chi connectivity index (χ3n) is 2.09. The minimum Gasteiger partial charge on any atom is -0.327 e. The average Bonchev–Trinajstić information content (AvgIpc) is 2.68. The molecule has 0 radical (unpaired) electrons. The van der Waals surface area contributed by atoms with Crippen LogP contribution in [0.4, 0.5) is 0 Å². The third kappa shape index (κ3) is 4.56. The molecular formula is C9H16O6S. The highest BCUT2D eigenvalue weighted by molar-refractivity contribution is 7.86. The van der Waals surface area contributed by atoms with Crippen LogP contribution >= 0.6 is 0 Å². The summed E-state index contributed by atoms with van der Waals surface area (Å²) in [6, 6.07) is 0. The Balaban J connectivity index is 2.45. The van der Waals surface area contributed by atoms with Crippen molar-refractivity contribution in [3.8, 4) is 0 Å². The summed E-state index contributed by atoms with van der Waals surface area (Å²) < 4.78 is 37.3. The van der Waals surface area contributed by atoms with E-state index in [1.165, 1.54) is 0 Å². The number of rotatable bonds is 7. The first-order chi connectivity index (χ1) is 7.57. The first-order valence-electron chi connectivity index (χ1n) is 5.17. The molecule has 0 aromatic heterocycles. The molecule has 0 amide bonds. The van der Waals surface area contributed by atoms with E-state index >= 15 is 0 Å². The monoisotopic (exact) mass is 252 g/mol. The lowest BCUT2D eigenvalue weighted by Gasteiger charge is -2.12. The molecule has 0 aliphatic carbocycles.